The highest BCUT2D eigenvalue weighted by Crippen LogP contribution is 2.28. The highest BCUT2D eigenvalue weighted by molar-refractivity contribution is 7.91. The molecule has 0 saturated heterocycles. The molecule has 0 aliphatic heterocycles. The molecule has 0 bridgehead atoms. The molecule has 1 aliphatic rings. The summed E-state index contributed by atoms with van der Waals surface area (Å²) >= 11 is 0. The Kier molecular flexibility index (Phi) is 5.68. The Balaban J connectivity index is 1.88. The number of hydrogen-bond donors (Lipinski definition) is 1. The summed E-state index contributed by atoms with van der Waals surface area (Å²) in [6.45, 7) is 5.21. The lowest BCUT2D eigenvalue weighted by Gasteiger charge is -2.26. The summed E-state index contributed by atoms with van der Waals surface area (Å²) in [6, 6.07) is 7.20. The molecule has 0 aromatic heterocycles. The molecule has 0 heterocycles. The van der Waals surface area contributed by atoms with Gasteiger partial charge in [-0.05, 0) is 55.4 Å². The number of hydrogen-bond acceptors (Lipinski definition) is 3. The molecule has 0 unspecified atom stereocenters. The molecule has 1 fully saturated rings. The molecule has 4 heteroatoms. The van der Waals surface area contributed by atoms with E-state index >= 15 is 0 Å². The van der Waals surface area contributed by atoms with Crippen molar-refractivity contribution in [2.45, 2.75) is 50.8 Å². The van der Waals surface area contributed by atoms with E-state index in [1.807, 2.05) is 19.1 Å². The van der Waals surface area contributed by atoms with Crippen molar-refractivity contribution in [3.05, 3.63) is 24.3 Å². The summed E-state index contributed by atoms with van der Waals surface area (Å²) < 4.78 is 23.9. The lowest BCUT2D eigenvalue weighted by Crippen LogP contribution is -2.20. The van der Waals surface area contributed by atoms with Crippen LogP contribution in [0.2, 0.25) is 0 Å². The van der Waals surface area contributed by atoms with Gasteiger partial charge in [0.15, 0.2) is 9.84 Å². The van der Waals surface area contributed by atoms with Gasteiger partial charge in [0.1, 0.15) is 0 Å². The van der Waals surface area contributed by atoms with E-state index < -0.39 is 9.84 Å². The molecule has 0 radical (unpaired) electrons. The summed E-state index contributed by atoms with van der Waals surface area (Å²) in [7, 11) is -3.10. The van der Waals surface area contributed by atoms with E-state index in [0.29, 0.717) is 11.3 Å². The summed E-state index contributed by atoms with van der Waals surface area (Å²) in [4.78, 5) is 0.432. The van der Waals surface area contributed by atoms with Crippen LogP contribution in [0.25, 0.3) is 0 Å². The van der Waals surface area contributed by atoms with Crippen molar-refractivity contribution in [1.29, 1.82) is 0 Å². The number of sulfone groups is 1. The maximum Gasteiger partial charge on any atom is 0.178 e. The van der Waals surface area contributed by atoms with Gasteiger partial charge in [-0.1, -0.05) is 26.7 Å². The van der Waals surface area contributed by atoms with Crippen LogP contribution in [0.3, 0.4) is 0 Å². The smallest absolute Gasteiger partial charge is 0.178 e. The topological polar surface area (TPSA) is 46.2 Å². The van der Waals surface area contributed by atoms with Gasteiger partial charge < -0.3 is 5.32 Å². The SMILES string of the molecule is CCCS(=O)(=O)c1ccc(NCC2CCC(C)CC2)cc1. The van der Waals surface area contributed by atoms with Gasteiger partial charge in [0.05, 0.1) is 10.6 Å². The van der Waals surface area contributed by atoms with Gasteiger partial charge in [-0.3, -0.25) is 0 Å². The third-order valence-electron chi connectivity index (χ3n) is 4.42. The first-order valence-electron chi connectivity index (χ1n) is 8.08. The van der Waals surface area contributed by atoms with Gasteiger partial charge in [-0.15, -0.1) is 0 Å². The molecule has 118 valence electrons. The first-order chi connectivity index (χ1) is 10.0. The van der Waals surface area contributed by atoms with E-state index in [1.54, 1.807) is 12.1 Å². The fourth-order valence-electron chi connectivity index (χ4n) is 2.96. The highest BCUT2D eigenvalue weighted by atomic mass is 32.2. The largest absolute Gasteiger partial charge is 0.385 e. The third kappa shape index (κ3) is 4.73. The van der Waals surface area contributed by atoms with Crippen LogP contribution < -0.4 is 5.32 Å². The Morgan fingerprint density at radius 1 is 1.10 bits per heavy atom. The molecule has 1 aromatic carbocycles. The average Bonchev–Trinajstić information content (AvgIpc) is 2.47. The minimum atomic E-state index is -3.10. The molecule has 1 saturated carbocycles. The lowest BCUT2D eigenvalue weighted by molar-refractivity contribution is 0.300. The Morgan fingerprint density at radius 3 is 2.29 bits per heavy atom. The molecule has 1 aliphatic carbocycles. The Bertz CT molecular complexity index is 528. The zero-order valence-electron chi connectivity index (χ0n) is 13.1. The first kappa shape index (κ1) is 16.3. The second-order valence-electron chi connectivity index (χ2n) is 6.35. The van der Waals surface area contributed by atoms with Crippen LogP contribution in [0.15, 0.2) is 29.2 Å². The van der Waals surface area contributed by atoms with Gasteiger partial charge in [0.2, 0.25) is 0 Å². The number of anilines is 1. The predicted molar refractivity (Wildman–Crippen MR) is 88.4 cm³/mol. The second kappa shape index (κ2) is 7.30. The average molecular weight is 309 g/mol. The molecule has 2 rings (SSSR count). The standard InChI is InChI=1S/C17H27NO2S/c1-3-12-21(19,20)17-10-8-16(9-11-17)18-13-15-6-4-14(2)5-7-15/h8-11,14-15,18H,3-7,12-13H2,1-2H3. The van der Waals surface area contributed by atoms with E-state index in [0.717, 1.165) is 24.1 Å². The van der Waals surface area contributed by atoms with Crippen molar-refractivity contribution in [2.24, 2.45) is 11.8 Å². The van der Waals surface area contributed by atoms with Crippen molar-refractivity contribution in [3.8, 4) is 0 Å². The summed E-state index contributed by atoms with van der Waals surface area (Å²) in [5.74, 6) is 1.86. The van der Waals surface area contributed by atoms with Crippen LogP contribution in [0, 0.1) is 11.8 Å². The van der Waals surface area contributed by atoms with Gasteiger partial charge in [0, 0.05) is 12.2 Å². The van der Waals surface area contributed by atoms with Gasteiger partial charge >= 0.3 is 0 Å². The Hall–Kier alpha value is -1.03. The minimum Gasteiger partial charge on any atom is -0.385 e. The van der Waals surface area contributed by atoms with Crippen LogP contribution in [0.1, 0.15) is 46.0 Å². The number of benzene rings is 1. The van der Waals surface area contributed by atoms with Crippen LogP contribution >= 0.6 is 0 Å². The highest BCUT2D eigenvalue weighted by Gasteiger charge is 2.18. The summed E-state index contributed by atoms with van der Waals surface area (Å²) in [6.07, 6.45) is 5.93. The number of rotatable bonds is 6. The van der Waals surface area contributed by atoms with Crippen LogP contribution in [0.4, 0.5) is 5.69 Å². The zero-order chi connectivity index (χ0) is 15.3. The molecule has 1 aromatic rings. The van der Waals surface area contributed by atoms with Crippen molar-refractivity contribution < 1.29 is 8.42 Å². The van der Waals surface area contributed by atoms with Crippen molar-refractivity contribution in [1.82, 2.24) is 0 Å². The van der Waals surface area contributed by atoms with E-state index in [-0.39, 0.29) is 5.75 Å². The van der Waals surface area contributed by atoms with Gasteiger partial charge in [-0.25, -0.2) is 8.42 Å². The molecule has 0 amide bonds. The monoisotopic (exact) mass is 309 g/mol. The fourth-order valence-corrected chi connectivity index (χ4v) is 4.29. The maximum absolute atomic E-state index is 12.0. The van der Waals surface area contributed by atoms with E-state index in [1.165, 1.54) is 25.7 Å². The normalized spacial score (nSPS) is 23.0. The molecule has 1 N–H and O–H groups in total. The van der Waals surface area contributed by atoms with Crippen molar-refractivity contribution in [3.63, 3.8) is 0 Å². The maximum atomic E-state index is 12.0. The molecule has 21 heavy (non-hydrogen) atoms. The first-order valence-corrected chi connectivity index (χ1v) is 9.73. The third-order valence-corrected chi connectivity index (χ3v) is 6.35. The molecular formula is C17H27NO2S. The van der Waals surface area contributed by atoms with Crippen molar-refractivity contribution >= 4 is 15.5 Å². The van der Waals surface area contributed by atoms with Crippen LogP contribution in [-0.4, -0.2) is 20.7 Å². The van der Waals surface area contributed by atoms with E-state index in [4.69, 9.17) is 0 Å². The van der Waals surface area contributed by atoms with E-state index in [2.05, 4.69) is 12.2 Å². The minimum absolute atomic E-state index is 0.222. The molecule has 3 nitrogen and oxygen atoms in total. The van der Waals surface area contributed by atoms with Crippen molar-refractivity contribution in [2.75, 3.05) is 17.6 Å². The summed E-state index contributed by atoms with van der Waals surface area (Å²) in [5.41, 5.74) is 1.02. The Labute approximate surface area is 129 Å². The predicted octanol–water partition coefficient (Wildman–Crippen LogP) is 4.11. The molecular weight excluding hydrogens is 282 g/mol. The van der Waals surface area contributed by atoms with Crippen LogP contribution in [0.5, 0.6) is 0 Å². The quantitative estimate of drug-likeness (QED) is 0.860. The lowest BCUT2D eigenvalue weighted by atomic mass is 9.83. The van der Waals surface area contributed by atoms with E-state index in [9.17, 15) is 8.42 Å². The summed E-state index contributed by atoms with van der Waals surface area (Å²) in [5, 5.41) is 3.45. The Morgan fingerprint density at radius 2 is 1.71 bits per heavy atom. The zero-order valence-corrected chi connectivity index (χ0v) is 14.0. The molecule has 0 spiro atoms. The van der Waals surface area contributed by atoms with Gasteiger partial charge in [0.25, 0.3) is 0 Å². The number of nitrogens with one attached hydrogen (secondary N) is 1. The fraction of sp³-hybridized carbons (Fsp3) is 0.647. The van der Waals surface area contributed by atoms with Crippen LogP contribution in [-0.2, 0) is 9.84 Å². The second-order valence-corrected chi connectivity index (χ2v) is 8.46. The van der Waals surface area contributed by atoms with Gasteiger partial charge in [-0.2, -0.15) is 0 Å². The molecule has 0 atom stereocenters.